The molecule has 0 aliphatic carbocycles. The fourth-order valence-corrected chi connectivity index (χ4v) is 2.44. The minimum atomic E-state index is -4.01. The van der Waals surface area contributed by atoms with Gasteiger partial charge in [0.25, 0.3) is 0 Å². The van der Waals surface area contributed by atoms with Crippen molar-refractivity contribution in [2.45, 2.75) is 26.4 Å². The Kier molecular flexibility index (Phi) is 4.75. The molecular weight excluding hydrogens is 239 g/mol. The van der Waals surface area contributed by atoms with Gasteiger partial charge in [0, 0.05) is 0 Å². The normalized spacial score (nSPS) is 11.9. The van der Waals surface area contributed by atoms with Crippen LogP contribution in [0, 0.1) is 5.92 Å². The summed E-state index contributed by atoms with van der Waals surface area (Å²) in [5, 5.41) is 0. The van der Waals surface area contributed by atoms with Crippen molar-refractivity contribution in [1.29, 1.82) is 0 Å². The van der Waals surface area contributed by atoms with Gasteiger partial charge in [-0.3, -0.25) is 4.57 Å². The minimum Gasteiger partial charge on any atom is -0.496 e. The highest BCUT2D eigenvalue weighted by atomic mass is 31.2. The first-order valence-corrected chi connectivity index (χ1v) is 7.32. The maximum absolute atomic E-state index is 11.0. The van der Waals surface area contributed by atoms with Crippen LogP contribution in [0.15, 0.2) is 18.2 Å². The Balaban J connectivity index is 3.00. The number of hydrogen-bond donors (Lipinski definition) is 2. The molecule has 0 fully saturated rings. The molecule has 0 aromatic heterocycles. The maximum atomic E-state index is 11.0. The lowest BCUT2D eigenvalue weighted by Crippen LogP contribution is -1.99. The van der Waals surface area contributed by atoms with Crippen LogP contribution in [0.1, 0.15) is 25.0 Å². The van der Waals surface area contributed by atoms with Gasteiger partial charge in [-0.1, -0.05) is 26.0 Å². The average molecular weight is 258 g/mol. The van der Waals surface area contributed by atoms with Gasteiger partial charge in [-0.25, -0.2) is 0 Å². The van der Waals surface area contributed by atoms with Gasteiger partial charge in [-0.05, 0) is 29.5 Å². The number of ether oxygens (including phenoxy) is 1. The third-order valence-electron chi connectivity index (χ3n) is 2.36. The molecule has 17 heavy (non-hydrogen) atoms. The van der Waals surface area contributed by atoms with E-state index in [0.717, 1.165) is 17.7 Å². The maximum Gasteiger partial charge on any atom is 0.329 e. The molecule has 0 aliphatic rings. The Bertz CT molecular complexity index is 423. The van der Waals surface area contributed by atoms with Crippen LogP contribution >= 0.6 is 7.60 Å². The van der Waals surface area contributed by atoms with Crippen LogP contribution in [0.25, 0.3) is 0 Å². The molecule has 0 saturated carbocycles. The summed E-state index contributed by atoms with van der Waals surface area (Å²) in [6.07, 6.45) is 0.611. The summed E-state index contributed by atoms with van der Waals surface area (Å²) in [5.41, 5.74) is 1.64. The van der Waals surface area contributed by atoms with Gasteiger partial charge in [0.05, 0.1) is 13.3 Å². The van der Waals surface area contributed by atoms with Gasteiger partial charge in [0.15, 0.2) is 0 Å². The first-order chi connectivity index (χ1) is 7.81. The molecule has 0 bridgehead atoms. The molecule has 0 radical (unpaired) electrons. The second kappa shape index (κ2) is 5.67. The lowest BCUT2D eigenvalue weighted by molar-refractivity contribution is 0.371. The molecule has 1 aromatic rings. The quantitative estimate of drug-likeness (QED) is 0.796. The van der Waals surface area contributed by atoms with E-state index in [0.29, 0.717) is 11.5 Å². The van der Waals surface area contributed by atoms with E-state index in [2.05, 4.69) is 13.8 Å². The molecule has 96 valence electrons. The fraction of sp³-hybridized carbons (Fsp3) is 0.500. The molecule has 0 saturated heterocycles. The second-order valence-corrected chi connectivity index (χ2v) is 6.21. The first kappa shape index (κ1) is 14.2. The minimum absolute atomic E-state index is 0.220. The molecule has 2 N–H and O–H groups in total. The van der Waals surface area contributed by atoms with Crippen LogP contribution in [0.4, 0.5) is 0 Å². The van der Waals surface area contributed by atoms with E-state index >= 15 is 0 Å². The zero-order chi connectivity index (χ0) is 13.1. The van der Waals surface area contributed by atoms with E-state index in [1.807, 2.05) is 6.07 Å². The summed E-state index contributed by atoms with van der Waals surface area (Å²) >= 11 is 0. The van der Waals surface area contributed by atoms with Gasteiger partial charge in [0.1, 0.15) is 5.75 Å². The molecule has 1 rings (SSSR count). The van der Waals surface area contributed by atoms with Crippen molar-refractivity contribution in [3.8, 4) is 5.75 Å². The fourth-order valence-electron chi connectivity index (χ4n) is 1.77. The highest BCUT2D eigenvalue weighted by Crippen LogP contribution is 2.39. The Morgan fingerprint density at radius 2 is 2.00 bits per heavy atom. The summed E-state index contributed by atoms with van der Waals surface area (Å²) in [7, 11) is -2.41. The first-order valence-electron chi connectivity index (χ1n) is 5.52. The smallest absolute Gasteiger partial charge is 0.329 e. The van der Waals surface area contributed by atoms with Crippen molar-refractivity contribution in [2.24, 2.45) is 5.92 Å². The van der Waals surface area contributed by atoms with Gasteiger partial charge in [-0.2, -0.15) is 0 Å². The van der Waals surface area contributed by atoms with Gasteiger partial charge in [-0.15, -0.1) is 0 Å². The zero-order valence-electron chi connectivity index (χ0n) is 10.4. The predicted molar refractivity (Wildman–Crippen MR) is 67.3 cm³/mol. The molecule has 0 unspecified atom stereocenters. The zero-order valence-corrected chi connectivity index (χ0v) is 11.3. The van der Waals surface area contributed by atoms with Crippen molar-refractivity contribution in [3.05, 3.63) is 29.3 Å². The van der Waals surface area contributed by atoms with Crippen LogP contribution in [0.3, 0.4) is 0 Å². The van der Waals surface area contributed by atoms with Gasteiger partial charge < -0.3 is 14.5 Å². The van der Waals surface area contributed by atoms with Gasteiger partial charge in [0.2, 0.25) is 0 Å². The summed E-state index contributed by atoms with van der Waals surface area (Å²) < 4.78 is 16.2. The Morgan fingerprint density at radius 1 is 1.35 bits per heavy atom. The van der Waals surface area contributed by atoms with E-state index in [4.69, 9.17) is 14.5 Å². The molecule has 0 atom stereocenters. The standard InChI is InChI=1S/C12H19O4P/c1-9(2)6-11-7-10(8-17(13,14)15)4-5-12(11)16-3/h4-5,7,9H,6,8H2,1-3H3,(H2,13,14,15). The average Bonchev–Trinajstić information content (AvgIpc) is 2.14. The topological polar surface area (TPSA) is 66.8 Å². The van der Waals surface area contributed by atoms with E-state index in [9.17, 15) is 4.57 Å². The van der Waals surface area contributed by atoms with Crippen molar-refractivity contribution in [3.63, 3.8) is 0 Å². The van der Waals surface area contributed by atoms with E-state index in [-0.39, 0.29) is 6.16 Å². The summed E-state index contributed by atoms with van der Waals surface area (Å²) in [4.78, 5) is 17.9. The number of hydrogen-bond acceptors (Lipinski definition) is 2. The Labute approximate surface area is 102 Å². The lowest BCUT2D eigenvalue weighted by Gasteiger charge is -2.13. The SMILES string of the molecule is COc1ccc(CP(=O)(O)O)cc1CC(C)C. The Hall–Kier alpha value is -0.830. The highest BCUT2D eigenvalue weighted by molar-refractivity contribution is 7.50. The molecule has 1 aromatic carbocycles. The van der Waals surface area contributed by atoms with Crippen LogP contribution in [0.2, 0.25) is 0 Å². The molecule has 5 heteroatoms. The van der Waals surface area contributed by atoms with Crippen LogP contribution in [-0.2, 0) is 17.1 Å². The number of benzene rings is 1. The second-order valence-electron chi connectivity index (χ2n) is 4.57. The van der Waals surface area contributed by atoms with Crippen molar-refractivity contribution >= 4 is 7.60 Å². The number of rotatable bonds is 5. The molecule has 0 spiro atoms. The Morgan fingerprint density at radius 3 is 2.47 bits per heavy atom. The van der Waals surface area contributed by atoms with Crippen LogP contribution < -0.4 is 4.74 Å². The highest BCUT2D eigenvalue weighted by Gasteiger charge is 2.15. The molecule has 0 aliphatic heterocycles. The molecular formula is C12H19O4P. The summed E-state index contributed by atoms with van der Waals surface area (Å²) in [6.45, 7) is 4.18. The van der Waals surface area contributed by atoms with E-state index < -0.39 is 7.60 Å². The van der Waals surface area contributed by atoms with Crippen LogP contribution in [0.5, 0.6) is 5.75 Å². The molecule has 4 nitrogen and oxygen atoms in total. The van der Waals surface area contributed by atoms with Gasteiger partial charge >= 0.3 is 7.60 Å². The summed E-state index contributed by atoms with van der Waals surface area (Å²) in [6, 6.07) is 5.28. The summed E-state index contributed by atoms with van der Waals surface area (Å²) in [5.74, 6) is 1.24. The van der Waals surface area contributed by atoms with Crippen molar-refractivity contribution in [2.75, 3.05) is 7.11 Å². The number of methoxy groups -OCH3 is 1. The third kappa shape index (κ3) is 4.90. The monoisotopic (exact) mass is 258 g/mol. The van der Waals surface area contributed by atoms with E-state index in [1.54, 1.807) is 19.2 Å². The largest absolute Gasteiger partial charge is 0.496 e. The van der Waals surface area contributed by atoms with Crippen molar-refractivity contribution in [1.82, 2.24) is 0 Å². The van der Waals surface area contributed by atoms with Crippen LogP contribution in [-0.4, -0.2) is 16.9 Å². The lowest BCUT2D eigenvalue weighted by atomic mass is 10.0. The third-order valence-corrected chi connectivity index (χ3v) is 3.14. The molecule has 0 heterocycles. The van der Waals surface area contributed by atoms with Crippen molar-refractivity contribution < 1.29 is 19.1 Å². The molecule has 0 amide bonds. The predicted octanol–water partition coefficient (Wildman–Crippen LogP) is 2.57. The van der Waals surface area contributed by atoms with E-state index in [1.165, 1.54) is 0 Å².